The second-order valence-corrected chi connectivity index (χ2v) is 4.56. The van der Waals surface area contributed by atoms with Crippen LogP contribution in [0, 0.1) is 5.82 Å². The smallest absolute Gasteiger partial charge is 0.251 e. The number of amides is 1. The molecule has 0 spiro atoms. The summed E-state index contributed by atoms with van der Waals surface area (Å²) in [7, 11) is 1.38. The lowest BCUT2D eigenvalue weighted by molar-refractivity contribution is 0.0950. The maximum atomic E-state index is 13.6. The minimum Gasteiger partial charge on any atom is -0.494 e. The van der Waals surface area contributed by atoms with Crippen molar-refractivity contribution in [1.29, 1.82) is 0 Å². The van der Waals surface area contributed by atoms with Gasteiger partial charge in [0.05, 0.1) is 7.11 Å². The van der Waals surface area contributed by atoms with Crippen LogP contribution in [-0.4, -0.2) is 13.0 Å². The second kappa shape index (κ2) is 6.85. The number of hydrogen-bond donors (Lipinski definition) is 2. The molecule has 0 fully saturated rings. The van der Waals surface area contributed by atoms with E-state index in [1.165, 1.54) is 19.2 Å². The third kappa shape index (κ3) is 3.79. The van der Waals surface area contributed by atoms with Gasteiger partial charge in [-0.1, -0.05) is 24.3 Å². The van der Waals surface area contributed by atoms with Crippen molar-refractivity contribution in [1.82, 2.24) is 5.32 Å². The Bertz CT molecular complexity index is 644. The Hall–Kier alpha value is -2.40. The molecule has 21 heavy (non-hydrogen) atoms. The summed E-state index contributed by atoms with van der Waals surface area (Å²) in [6.45, 7) is 0.811. The van der Waals surface area contributed by atoms with E-state index in [1.807, 2.05) is 24.3 Å². The molecule has 0 radical (unpaired) electrons. The predicted octanol–water partition coefficient (Wildman–Crippen LogP) is 2.22. The van der Waals surface area contributed by atoms with Crippen LogP contribution in [0.25, 0.3) is 0 Å². The fourth-order valence-electron chi connectivity index (χ4n) is 1.96. The average Bonchev–Trinajstić information content (AvgIpc) is 2.52. The fourth-order valence-corrected chi connectivity index (χ4v) is 1.96. The summed E-state index contributed by atoms with van der Waals surface area (Å²) in [5.41, 5.74) is 7.76. The first-order valence-electron chi connectivity index (χ1n) is 6.53. The lowest BCUT2D eigenvalue weighted by atomic mass is 10.1. The van der Waals surface area contributed by atoms with Crippen LogP contribution < -0.4 is 15.8 Å². The first-order chi connectivity index (χ1) is 10.1. The Labute approximate surface area is 122 Å². The van der Waals surface area contributed by atoms with Crippen LogP contribution in [0.3, 0.4) is 0 Å². The first-order valence-corrected chi connectivity index (χ1v) is 6.53. The summed E-state index contributed by atoms with van der Waals surface area (Å²) in [6.07, 6.45) is 0. The molecule has 2 rings (SSSR count). The van der Waals surface area contributed by atoms with E-state index in [1.54, 1.807) is 0 Å². The normalized spacial score (nSPS) is 10.2. The van der Waals surface area contributed by atoms with Crippen LogP contribution >= 0.6 is 0 Å². The van der Waals surface area contributed by atoms with Crippen molar-refractivity contribution in [2.24, 2.45) is 5.73 Å². The number of nitrogens with one attached hydrogen (secondary N) is 1. The molecule has 0 aliphatic carbocycles. The quantitative estimate of drug-likeness (QED) is 0.886. The van der Waals surface area contributed by atoms with Crippen molar-refractivity contribution < 1.29 is 13.9 Å². The van der Waals surface area contributed by atoms with Gasteiger partial charge in [0.2, 0.25) is 0 Å². The lowest BCUT2D eigenvalue weighted by Gasteiger charge is -2.08. The van der Waals surface area contributed by atoms with Gasteiger partial charge in [-0.2, -0.15) is 0 Å². The molecule has 0 saturated heterocycles. The molecule has 0 aromatic heterocycles. The summed E-state index contributed by atoms with van der Waals surface area (Å²) in [6, 6.07) is 11.7. The maximum Gasteiger partial charge on any atom is 0.251 e. The molecule has 0 saturated carbocycles. The van der Waals surface area contributed by atoms with E-state index < -0.39 is 5.82 Å². The van der Waals surface area contributed by atoms with Gasteiger partial charge < -0.3 is 15.8 Å². The number of nitrogens with two attached hydrogens (primary N) is 1. The molecule has 0 bridgehead atoms. The SMILES string of the molecule is COc1ccc(C(=O)NCc2cccc(CN)c2)cc1F. The van der Waals surface area contributed by atoms with Crippen molar-refractivity contribution in [2.45, 2.75) is 13.1 Å². The van der Waals surface area contributed by atoms with Gasteiger partial charge in [-0.05, 0) is 29.3 Å². The van der Waals surface area contributed by atoms with E-state index in [2.05, 4.69) is 5.32 Å². The molecular weight excluding hydrogens is 271 g/mol. The highest BCUT2D eigenvalue weighted by Gasteiger charge is 2.09. The molecule has 5 heteroatoms. The van der Waals surface area contributed by atoms with Crippen LogP contribution in [0.15, 0.2) is 42.5 Å². The number of halogens is 1. The van der Waals surface area contributed by atoms with Crippen molar-refractivity contribution in [3.63, 3.8) is 0 Å². The van der Waals surface area contributed by atoms with Gasteiger partial charge in [0.25, 0.3) is 5.91 Å². The Morgan fingerprint density at radius 3 is 2.67 bits per heavy atom. The first kappa shape index (κ1) is 15.0. The number of carbonyl (C=O) groups is 1. The lowest BCUT2D eigenvalue weighted by Crippen LogP contribution is -2.23. The summed E-state index contributed by atoms with van der Waals surface area (Å²) in [4.78, 5) is 12.0. The number of rotatable bonds is 5. The largest absolute Gasteiger partial charge is 0.494 e. The van der Waals surface area contributed by atoms with E-state index in [4.69, 9.17) is 10.5 Å². The standard InChI is InChI=1S/C16H17FN2O2/c1-21-15-6-5-13(8-14(15)17)16(20)19-10-12-4-2-3-11(7-12)9-18/h2-8H,9-10,18H2,1H3,(H,19,20). The Balaban J connectivity index is 2.02. The van der Waals surface area contributed by atoms with Crippen LogP contribution in [0.2, 0.25) is 0 Å². The van der Waals surface area contributed by atoms with Gasteiger partial charge in [-0.3, -0.25) is 4.79 Å². The number of methoxy groups -OCH3 is 1. The van der Waals surface area contributed by atoms with Gasteiger partial charge >= 0.3 is 0 Å². The summed E-state index contributed by atoms with van der Waals surface area (Å²) < 4.78 is 18.4. The van der Waals surface area contributed by atoms with Gasteiger partial charge in [-0.25, -0.2) is 4.39 Å². The molecule has 0 atom stereocenters. The van der Waals surface area contributed by atoms with Gasteiger partial charge in [0.1, 0.15) is 0 Å². The molecule has 4 nitrogen and oxygen atoms in total. The highest BCUT2D eigenvalue weighted by Crippen LogP contribution is 2.17. The minimum atomic E-state index is -0.560. The number of carbonyl (C=O) groups excluding carboxylic acids is 1. The zero-order valence-corrected chi connectivity index (χ0v) is 11.7. The van der Waals surface area contributed by atoms with E-state index >= 15 is 0 Å². The molecule has 2 aromatic rings. The summed E-state index contributed by atoms with van der Waals surface area (Å²) >= 11 is 0. The van der Waals surface area contributed by atoms with Crippen LogP contribution in [0.4, 0.5) is 4.39 Å². The Kier molecular flexibility index (Phi) is 4.90. The van der Waals surface area contributed by atoms with Gasteiger partial charge in [0, 0.05) is 18.7 Å². The molecule has 0 unspecified atom stereocenters. The number of ether oxygens (including phenoxy) is 1. The van der Waals surface area contributed by atoms with E-state index in [0.29, 0.717) is 13.1 Å². The minimum absolute atomic E-state index is 0.113. The van der Waals surface area contributed by atoms with Crippen molar-refractivity contribution in [3.05, 3.63) is 65.0 Å². The highest BCUT2D eigenvalue weighted by molar-refractivity contribution is 5.94. The molecule has 0 aliphatic rings. The topological polar surface area (TPSA) is 64.3 Å². The fraction of sp³-hybridized carbons (Fsp3) is 0.188. The third-order valence-electron chi connectivity index (χ3n) is 3.09. The number of benzene rings is 2. The third-order valence-corrected chi connectivity index (χ3v) is 3.09. The van der Waals surface area contributed by atoms with E-state index in [-0.39, 0.29) is 17.2 Å². The van der Waals surface area contributed by atoms with E-state index in [0.717, 1.165) is 17.2 Å². The zero-order valence-electron chi connectivity index (χ0n) is 11.7. The van der Waals surface area contributed by atoms with Crippen molar-refractivity contribution in [3.8, 4) is 5.75 Å². The number of hydrogen-bond acceptors (Lipinski definition) is 3. The highest BCUT2D eigenvalue weighted by atomic mass is 19.1. The summed E-state index contributed by atoms with van der Waals surface area (Å²) in [5, 5.41) is 2.74. The zero-order chi connectivity index (χ0) is 15.2. The average molecular weight is 288 g/mol. The second-order valence-electron chi connectivity index (χ2n) is 4.56. The predicted molar refractivity (Wildman–Crippen MR) is 78.5 cm³/mol. The Morgan fingerprint density at radius 2 is 2.00 bits per heavy atom. The van der Waals surface area contributed by atoms with Crippen molar-refractivity contribution >= 4 is 5.91 Å². The van der Waals surface area contributed by atoms with Crippen LogP contribution in [0.1, 0.15) is 21.5 Å². The molecule has 1 amide bonds. The van der Waals surface area contributed by atoms with Crippen LogP contribution in [-0.2, 0) is 13.1 Å². The Morgan fingerprint density at radius 1 is 1.24 bits per heavy atom. The molecule has 0 heterocycles. The van der Waals surface area contributed by atoms with Gasteiger partial charge in [-0.15, -0.1) is 0 Å². The van der Waals surface area contributed by atoms with Crippen molar-refractivity contribution in [2.75, 3.05) is 7.11 Å². The summed E-state index contributed by atoms with van der Waals surface area (Å²) in [5.74, 6) is -0.785. The van der Waals surface area contributed by atoms with E-state index in [9.17, 15) is 9.18 Å². The molecule has 2 aromatic carbocycles. The monoisotopic (exact) mass is 288 g/mol. The van der Waals surface area contributed by atoms with Crippen LogP contribution in [0.5, 0.6) is 5.75 Å². The molecule has 3 N–H and O–H groups in total. The molecule has 0 aliphatic heterocycles. The molecule has 110 valence electrons. The van der Waals surface area contributed by atoms with Gasteiger partial charge in [0.15, 0.2) is 11.6 Å². The maximum absolute atomic E-state index is 13.6. The molecular formula is C16H17FN2O2.